The molecule has 0 aromatic heterocycles. The van der Waals surface area contributed by atoms with E-state index in [2.05, 4.69) is 5.32 Å². The highest BCUT2D eigenvalue weighted by molar-refractivity contribution is 5.96. The molecule has 0 saturated carbocycles. The molecule has 1 saturated heterocycles. The second kappa shape index (κ2) is 11.1. The number of carbonyl (C=O) groups excluding carboxylic acids is 2. The average Bonchev–Trinajstić information content (AvgIpc) is 2.71. The highest BCUT2D eigenvalue weighted by Gasteiger charge is 2.14. The summed E-state index contributed by atoms with van der Waals surface area (Å²) in [6, 6.07) is 7.16. The van der Waals surface area contributed by atoms with Gasteiger partial charge in [0.2, 0.25) is 11.8 Å². The largest absolute Gasteiger partial charge is 0.397 e. The number of nitrogens with two attached hydrogens (primary N) is 1. The summed E-state index contributed by atoms with van der Waals surface area (Å²) in [5.74, 6) is -0.509. The van der Waals surface area contributed by atoms with Crippen LogP contribution in [0.3, 0.4) is 0 Å². The van der Waals surface area contributed by atoms with E-state index in [-0.39, 0.29) is 17.7 Å². The van der Waals surface area contributed by atoms with Crippen LogP contribution >= 0.6 is 0 Å². The molecule has 1 unspecified atom stereocenters. The summed E-state index contributed by atoms with van der Waals surface area (Å²) in [4.78, 5) is 26.4. The maximum Gasteiger partial charge on any atom is 0.246 e. The molecule has 6 heteroatoms. The molecular weight excluding hydrogens is 354 g/mol. The second-order valence-electron chi connectivity index (χ2n) is 6.61. The molecule has 2 amide bonds. The van der Waals surface area contributed by atoms with Crippen LogP contribution in [-0.2, 0) is 14.3 Å². The third-order valence-corrected chi connectivity index (χ3v) is 4.39. The minimum atomic E-state index is -0.344. The minimum absolute atomic E-state index is 0.0240. The third kappa shape index (κ3) is 6.70. The number of hydrogen-bond donors (Lipinski definition) is 2. The van der Waals surface area contributed by atoms with Crippen molar-refractivity contribution in [2.24, 2.45) is 5.92 Å². The van der Waals surface area contributed by atoms with E-state index in [1.165, 1.54) is 0 Å². The molecule has 1 aliphatic rings. The molecule has 1 fully saturated rings. The van der Waals surface area contributed by atoms with Crippen molar-refractivity contribution >= 4 is 23.2 Å². The summed E-state index contributed by atoms with van der Waals surface area (Å²) in [5, 5.41) is 2.83. The lowest BCUT2D eigenvalue weighted by atomic mass is 10.1. The van der Waals surface area contributed by atoms with Crippen molar-refractivity contribution in [2.75, 3.05) is 37.4 Å². The predicted molar refractivity (Wildman–Crippen MR) is 113 cm³/mol. The quantitative estimate of drug-likeness (QED) is 0.430. The third-order valence-electron chi connectivity index (χ3n) is 4.39. The fourth-order valence-corrected chi connectivity index (χ4v) is 2.68. The zero-order valence-corrected chi connectivity index (χ0v) is 16.6. The molecule has 1 atom stereocenters. The molecule has 6 nitrogen and oxygen atoms in total. The zero-order chi connectivity index (χ0) is 20.4. The van der Waals surface area contributed by atoms with E-state index >= 15 is 0 Å². The Morgan fingerprint density at radius 2 is 1.93 bits per heavy atom. The smallest absolute Gasteiger partial charge is 0.246 e. The standard InChI is InChI=1S/C22H29N3O3/c1-3-6-18(11-12-21(26)25-13-15-28-16-14-25)10-9-17(2)22(27)24-20-8-5-4-7-19(20)23/h4-12,17H,3,13-16,23H2,1-2H3,(H,24,27)/b10-9-,12-11+,18-6+. The summed E-state index contributed by atoms with van der Waals surface area (Å²) < 4.78 is 5.27. The van der Waals surface area contributed by atoms with Gasteiger partial charge in [-0.25, -0.2) is 0 Å². The van der Waals surface area contributed by atoms with Crippen LogP contribution in [0.1, 0.15) is 20.3 Å². The highest BCUT2D eigenvalue weighted by Crippen LogP contribution is 2.18. The Labute approximate surface area is 166 Å². The van der Waals surface area contributed by atoms with Gasteiger partial charge in [-0.15, -0.1) is 0 Å². The number of anilines is 2. The lowest BCUT2D eigenvalue weighted by Gasteiger charge is -2.25. The summed E-state index contributed by atoms with van der Waals surface area (Å²) in [6.07, 6.45) is 9.89. The van der Waals surface area contributed by atoms with E-state index in [0.717, 1.165) is 12.0 Å². The van der Waals surface area contributed by atoms with Crippen LogP contribution in [0.5, 0.6) is 0 Å². The van der Waals surface area contributed by atoms with E-state index in [9.17, 15) is 9.59 Å². The number of allylic oxidation sites excluding steroid dienone is 4. The highest BCUT2D eigenvalue weighted by atomic mass is 16.5. The molecule has 1 aromatic rings. The van der Waals surface area contributed by atoms with Crippen LogP contribution < -0.4 is 11.1 Å². The molecule has 28 heavy (non-hydrogen) atoms. The number of ether oxygens (including phenoxy) is 1. The Kier molecular flexibility index (Phi) is 8.49. The van der Waals surface area contributed by atoms with E-state index in [1.807, 2.05) is 44.2 Å². The van der Waals surface area contributed by atoms with Crippen molar-refractivity contribution in [1.29, 1.82) is 0 Å². The lowest BCUT2D eigenvalue weighted by molar-refractivity contribution is -0.130. The molecule has 3 N–H and O–H groups in total. The van der Waals surface area contributed by atoms with E-state index < -0.39 is 0 Å². The summed E-state index contributed by atoms with van der Waals surface area (Å²) in [7, 11) is 0. The van der Waals surface area contributed by atoms with Gasteiger partial charge in [-0.3, -0.25) is 9.59 Å². The van der Waals surface area contributed by atoms with Gasteiger partial charge >= 0.3 is 0 Å². The van der Waals surface area contributed by atoms with E-state index in [4.69, 9.17) is 10.5 Å². The number of morpholine rings is 1. The maximum atomic E-state index is 12.4. The monoisotopic (exact) mass is 383 g/mol. The van der Waals surface area contributed by atoms with E-state index in [1.54, 1.807) is 29.2 Å². The molecule has 0 aliphatic carbocycles. The zero-order valence-electron chi connectivity index (χ0n) is 16.6. The normalized spacial score (nSPS) is 16.5. The van der Waals surface area contributed by atoms with Crippen LogP contribution in [0.25, 0.3) is 0 Å². The first-order valence-electron chi connectivity index (χ1n) is 9.59. The SMILES string of the molecule is CC/C=C(\C=C/C(C)C(=O)Nc1ccccc1N)/C=C/C(=O)N1CCOCC1. The second-order valence-corrected chi connectivity index (χ2v) is 6.61. The molecule has 1 aromatic carbocycles. The number of nitrogens with one attached hydrogen (secondary N) is 1. The number of carbonyl (C=O) groups is 2. The van der Waals surface area contributed by atoms with Gasteiger partial charge in [-0.2, -0.15) is 0 Å². The number of nitrogen functional groups attached to an aromatic ring is 1. The van der Waals surface area contributed by atoms with Crippen molar-refractivity contribution in [3.8, 4) is 0 Å². The minimum Gasteiger partial charge on any atom is -0.397 e. The van der Waals surface area contributed by atoms with Crippen molar-refractivity contribution in [1.82, 2.24) is 4.90 Å². The summed E-state index contributed by atoms with van der Waals surface area (Å²) >= 11 is 0. The number of amides is 2. The fraction of sp³-hybridized carbons (Fsp3) is 0.364. The molecule has 150 valence electrons. The van der Waals surface area contributed by atoms with Gasteiger partial charge in [-0.05, 0) is 30.2 Å². The van der Waals surface area contributed by atoms with Crippen molar-refractivity contribution in [2.45, 2.75) is 20.3 Å². The van der Waals surface area contributed by atoms with Crippen molar-refractivity contribution in [3.05, 3.63) is 60.2 Å². The van der Waals surface area contributed by atoms with Crippen LogP contribution in [0.15, 0.2) is 60.2 Å². The summed E-state index contributed by atoms with van der Waals surface area (Å²) in [5.41, 5.74) is 7.89. The van der Waals surface area contributed by atoms with Gasteiger partial charge in [-0.1, -0.05) is 44.2 Å². The molecule has 0 spiro atoms. The van der Waals surface area contributed by atoms with Gasteiger partial charge < -0.3 is 20.7 Å². The number of benzene rings is 1. The van der Waals surface area contributed by atoms with Gasteiger partial charge in [0.15, 0.2) is 0 Å². The predicted octanol–water partition coefficient (Wildman–Crippen LogP) is 3.15. The van der Waals surface area contributed by atoms with Crippen LogP contribution in [0.2, 0.25) is 0 Å². The first-order valence-corrected chi connectivity index (χ1v) is 9.59. The van der Waals surface area contributed by atoms with Gasteiger partial charge in [0.25, 0.3) is 0 Å². The van der Waals surface area contributed by atoms with Crippen molar-refractivity contribution < 1.29 is 14.3 Å². The van der Waals surface area contributed by atoms with Gasteiger partial charge in [0.05, 0.1) is 30.5 Å². The van der Waals surface area contributed by atoms with Gasteiger partial charge in [0, 0.05) is 19.2 Å². The molecule has 0 bridgehead atoms. The van der Waals surface area contributed by atoms with Crippen LogP contribution in [0.4, 0.5) is 11.4 Å². The fourth-order valence-electron chi connectivity index (χ4n) is 2.68. The average molecular weight is 383 g/mol. The number of rotatable bonds is 7. The Morgan fingerprint density at radius 3 is 2.61 bits per heavy atom. The topological polar surface area (TPSA) is 84.7 Å². The van der Waals surface area contributed by atoms with E-state index in [0.29, 0.717) is 37.7 Å². The Morgan fingerprint density at radius 1 is 1.21 bits per heavy atom. The lowest BCUT2D eigenvalue weighted by Crippen LogP contribution is -2.39. The first kappa shape index (κ1) is 21.4. The van der Waals surface area contributed by atoms with Crippen LogP contribution in [-0.4, -0.2) is 43.0 Å². The molecule has 0 radical (unpaired) electrons. The number of nitrogens with zero attached hydrogens (tertiary/aromatic N) is 1. The Balaban J connectivity index is 1.96. The van der Waals surface area contributed by atoms with Crippen molar-refractivity contribution in [3.63, 3.8) is 0 Å². The maximum absolute atomic E-state index is 12.4. The molecule has 1 heterocycles. The Bertz CT molecular complexity index is 762. The Hall–Kier alpha value is -2.86. The first-order chi connectivity index (χ1) is 13.5. The number of para-hydroxylation sites is 2. The molecule has 1 aliphatic heterocycles. The van der Waals surface area contributed by atoms with Crippen LogP contribution in [0, 0.1) is 5.92 Å². The molecule has 2 rings (SSSR count). The number of hydrogen-bond acceptors (Lipinski definition) is 4. The molecular formula is C22H29N3O3. The van der Waals surface area contributed by atoms with Gasteiger partial charge in [0.1, 0.15) is 0 Å². The summed E-state index contributed by atoms with van der Waals surface area (Å²) in [6.45, 7) is 6.24.